The minimum atomic E-state index is -0.536. The van der Waals surface area contributed by atoms with Gasteiger partial charge in [-0.1, -0.05) is 12.1 Å². The number of fused-ring (bicyclic) bond motifs is 1. The van der Waals surface area contributed by atoms with Crippen LogP contribution in [0.3, 0.4) is 0 Å². The van der Waals surface area contributed by atoms with E-state index < -0.39 is 6.10 Å². The Kier molecular flexibility index (Phi) is 4.29. The maximum absolute atomic E-state index is 12.5. The molecule has 1 aromatic carbocycles. The molecule has 5 heteroatoms. The van der Waals surface area contributed by atoms with Gasteiger partial charge in [-0.05, 0) is 44.0 Å². The number of rotatable bonds is 3. The monoisotopic (exact) mass is 290 g/mol. The van der Waals surface area contributed by atoms with E-state index in [0.29, 0.717) is 17.4 Å². The van der Waals surface area contributed by atoms with Crippen molar-refractivity contribution in [2.45, 2.75) is 18.9 Å². The van der Waals surface area contributed by atoms with Crippen LogP contribution in [-0.4, -0.2) is 50.2 Å². The Bertz CT molecular complexity index is 500. The van der Waals surface area contributed by atoms with Gasteiger partial charge in [0.2, 0.25) is 6.10 Å². The molecule has 0 aliphatic carbocycles. The summed E-state index contributed by atoms with van der Waals surface area (Å²) < 4.78 is 11.4. The van der Waals surface area contributed by atoms with Crippen LogP contribution < -0.4 is 14.8 Å². The van der Waals surface area contributed by atoms with E-state index in [9.17, 15) is 4.79 Å². The third-order valence-electron chi connectivity index (χ3n) is 4.15. The van der Waals surface area contributed by atoms with Crippen LogP contribution in [0.15, 0.2) is 24.3 Å². The fourth-order valence-corrected chi connectivity index (χ4v) is 2.93. The number of carbonyl (C=O) groups is 1. The molecule has 1 atom stereocenters. The minimum Gasteiger partial charge on any atom is -0.485 e. The van der Waals surface area contributed by atoms with Gasteiger partial charge in [0.15, 0.2) is 11.5 Å². The maximum Gasteiger partial charge on any atom is 0.267 e. The van der Waals surface area contributed by atoms with Crippen LogP contribution in [0.25, 0.3) is 0 Å². The molecule has 21 heavy (non-hydrogen) atoms. The van der Waals surface area contributed by atoms with E-state index in [1.54, 1.807) is 4.90 Å². The normalized spacial score (nSPS) is 21.9. The van der Waals surface area contributed by atoms with Crippen molar-refractivity contribution in [3.63, 3.8) is 0 Å². The smallest absolute Gasteiger partial charge is 0.267 e. The number of likely N-dealkylation sites (N-methyl/N-ethyl adjacent to an activating group) is 1. The molecular formula is C16H22N2O3. The van der Waals surface area contributed by atoms with Gasteiger partial charge >= 0.3 is 0 Å². The van der Waals surface area contributed by atoms with E-state index in [-0.39, 0.29) is 12.5 Å². The first-order valence-electron chi connectivity index (χ1n) is 7.58. The Hall–Kier alpha value is -1.75. The lowest BCUT2D eigenvalue weighted by Crippen LogP contribution is -2.47. The Morgan fingerprint density at radius 1 is 1.29 bits per heavy atom. The number of piperidine rings is 1. The van der Waals surface area contributed by atoms with Gasteiger partial charge in [-0.25, -0.2) is 0 Å². The van der Waals surface area contributed by atoms with Crippen molar-refractivity contribution in [2.24, 2.45) is 5.92 Å². The lowest BCUT2D eigenvalue weighted by Gasteiger charge is -2.31. The van der Waals surface area contributed by atoms with Crippen molar-refractivity contribution in [3.8, 4) is 11.5 Å². The summed E-state index contributed by atoms with van der Waals surface area (Å²) in [6, 6.07) is 7.47. The van der Waals surface area contributed by atoms with Crippen molar-refractivity contribution < 1.29 is 14.3 Å². The number of ether oxygens (including phenoxy) is 2. The van der Waals surface area contributed by atoms with Gasteiger partial charge in [-0.2, -0.15) is 0 Å². The summed E-state index contributed by atoms with van der Waals surface area (Å²) >= 11 is 0. The molecule has 1 N–H and O–H groups in total. The lowest BCUT2D eigenvalue weighted by atomic mass is 9.97. The molecule has 0 bridgehead atoms. The molecule has 0 unspecified atom stereocenters. The molecular weight excluding hydrogens is 268 g/mol. The highest BCUT2D eigenvalue weighted by atomic mass is 16.6. The standard InChI is InChI=1S/C16H22N2O3/c1-18(10-12-6-8-17-9-7-12)16(19)15-11-20-13-4-2-3-5-14(13)21-15/h2-5,12,15,17H,6-11H2,1H3/t15-/m0/s1. The average molecular weight is 290 g/mol. The quantitative estimate of drug-likeness (QED) is 0.911. The first-order chi connectivity index (χ1) is 10.2. The Morgan fingerprint density at radius 2 is 2.00 bits per heavy atom. The summed E-state index contributed by atoms with van der Waals surface area (Å²) in [6.45, 7) is 3.17. The van der Waals surface area contributed by atoms with Crippen molar-refractivity contribution in [2.75, 3.05) is 33.3 Å². The number of benzene rings is 1. The molecule has 0 saturated carbocycles. The maximum atomic E-state index is 12.5. The number of hydrogen-bond acceptors (Lipinski definition) is 4. The van der Waals surface area contributed by atoms with E-state index in [1.165, 1.54) is 0 Å². The molecule has 5 nitrogen and oxygen atoms in total. The second kappa shape index (κ2) is 6.35. The number of hydrogen-bond donors (Lipinski definition) is 1. The summed E-state index contributed by atoms with van der Waals surface area (Å²) in [6.07, 6.45) is 1.72. The molecule has 1 saturated heterocycles. The minimum absolute atomic E-state index is 0.00281. The fourth-order valence-electron chi connectivity index (χ4n) is 2.93. The number of carbonyl (C=O) groups excluding carboxylic acids is 1. The predicted molar refractivity (Wildman–Crippen MR) is 79.6 cm³/mol. The zero-order valence-corrected chi connectivity index (χ0v) is 12.4. The van der Waals surface area contributed by atoms with Crippen LogP contribution in [0.4, 0.5) is 0 Å². The molecule has 0 spiro atoms. The van der Waals surface area contributed by atoms with E-state index in [2.05, 4.69) is 5.32 Å². The van der Waals surface area contributed by atoms with Crippen molar-refractivity contribution in [1.29, 1.82) is 0 Å². The summed E-state index contributed by atoms with van der Waals surface area (Å²) in [4.78, 5) is 14.3. The fraction of sp³-hybridized carbons (Fsp3) is 0.562. The van der Waals surface area contributed by atoms with Crippen LogP contribution in [-0.2, 0) is 4.79 Å². The van der Waals surface area contributed by atoms with E-state index in [0.717, 1.165) is 32.5 Å². The third-order valence-corrected chi connectivity index (χ3v) is 4.15. The molecule has 114 valence electrons. The molecule has 2 heterocycles. The number of nitrogens with one attached hydrogen (secondary N) is 1. The zero-order chi connectivity index (χ0) is 14.7. The number of nitrogens with zero attached hydrogens (tertiary/aromatic N) is 1. The van der Waals surface area contributed by atoms with Gasteiger partial charge in [0.1, 0.15) is 6.61 Å². The van der Waals surface area contributed by atoms with Gasteiger partial charge in [-0.3, -0.25) is 4.79 Å². The first kappa shape index (κ1) is 14.2. The lowest BCUT2D eigenvalue weighted by molar-refractivity contribution is -0.140. The molecule has 1 aromatic rings. The molecule has 2 aliphatic heterocycles. The average Bonchev–Trinajstić information content (AvgIpc) is 2.54. The first-order valence-corrected chi connectivity index (χ1v) is 7.58. The number of amides is 1. The van der Waals surface area contributed by atoms with E-state index in [4.69, 9.17) is 9.47 Å². The summed E-state index contributed by atoms with van der Waals surface area (Å²) in [5.74, 6) is 1.94. The van der Waals surface area contributed by atoms with Gasteiger partial charge in [-0.15, -0.1) is 0 Å². The van der Waals surface area contributed by atoms with Crippen LogP contribution in [0, 0.1) is 5.92 Å². The molecule has 1 amide bonds. The van der Waals surface area contributed by atoms with Gasteiger partial charge in [0, 0.05) is 13.6 Å². The highest BCUT2D eigenvalue weighted by molar-refractivity contribution is 5.81. The van der Waals surface area contributed by atoms with Crippen LogP contribution in [0.5, 0.6) is 11.5 Å². The largest absolute Gasteiger partial charge is 0.485 e. The van der Waals surface area contributed by atoms with Crippen LogP contribution in [0.2, 0.25) is 0 Å². The summed E-state index contributed by atoms with van der Waals surface area (Å²) in [7, 11) is 1.86. The predicted octanol–water partition coefficient (Wildman–Crippen LogP) is 1.28. The third kappa shape index (κ3) is 3.29. The molecule has 0 aromatic heterocycles. The van der Waals surface area contributed by atoms with Gasteiger partial charge in [0.05, 0.1) is 0 Å². The zero-order valence-electron chi connectivity index (χ0n) is 12.4. The Balaban J connectivity index is 1.58. The van der Waals surface area contributed by atoms with E-state index >= 15 is 0 Å². The Morgan fingerprint density at radius 3 is 2.76 bits per heavy atom. The summed E-state index contributed by atoms with van der Waals surface area (Å²) in [5.41, 5.74) is 0. The molecule has 0 radical (unpaired) electrons. The Labute approximate surface area is 125 Å². The second-order valence-corrected chi connectivity index (χ2v) is 5.78. The van der Waals surface area contributed by atoms with Gasteiger partial charge < -0.3 is 19.7 Å². The van der Waals surface area contributed by atoms with Crippen molar-refractivity contribution in [3.05, 3.63) is 24.3 Å². The summed E-state index contributed by atoms with van der Waals surface area (Å²) in [5, 5.41) is 3.34. The van der Waals surface area contributed by atoms with Crippen molar-refractivity contribution in [1.82, 2.24) is 10.2 Å². The van der Waals surface area contributed by atoms with Crippen LogP contribution in [0.1, 0.15) is 12.8 Å². The highest BCUT2D eigenvalue weighted by Gasteiger charge is 2.30. The molecule has 1 fully saturated rings. The second-order valence-electron chi connectivity index (χ2n) is 5.78. The van der Waals surface area contributed by atoms with Crippen LogP contribution >= 0.6 is 0 Å². The highest BCUT2D eigenvalue weighted by Crippen LogP contribution is 2.31. The number of para-hydroxylation sites is 2. The SMILES string of the molecule is CN(CC1CCNCC1)C(=O)[C@@H]1COc2ccccc2O1. The molecule has 3 rings (SSSR count). The topological polar surface area (TPSA) is 50.8 Å². The molecule has 2 aliphatic rings. The van der Waals surface area contributed by atoms with Crippen molar-refractivity contribution >= 4 is 5.91 Å². The van der Waals surface area contributed by atoms with E-state index in [1.807, 2.05) is 31.3 Å². The van der Waals surface area contributed by atoms with Gasteiger partial charge in [0.25, 0.3) is 5.91 Å².